The Hall–Kier alpha value is -3.10. The lowest BCUT2D eigenvalue weighted by Gasteiger charge is -2.01. The second kappa shape index (κ2) is 6.57. The molecule has 0 aliphatic heterocycles. The van der Waals surface area contributed by atoms with Crippen LogP contribution in [0.5, 0.6) is 0 Å². The number of carbonyl (C=O) groups excluding carboxylic acids is 1. The standard InChI is InChI=1S/C13H12FN5O3/c1-9-15-7-13(19(21)22)18(9)8-12(20)17-16-6-10-2-4-11(14)5-3-10/h2-7H,8H2,1H3,(H,17,20). The SMILES string of the molecule is Cc1ncc([N+](=O)[O-])n1CC(=O)NN=Cc1ccc(F)cc1. The third-order valence-corrected chi connectivity index (χ3v) is 2.80. The number of hydrazone groups is 1. The van der Waals surface area contributed by atoms with Crippen LogP contribution in [0.15, 0.2) is 35.6 Å². The molecule has 2 rings (SSSR count). The number of aromatic nitrogens is 2. The lowest BCUT2D eigenvalue weighted by Crippen LogP contribution is -2.24. The van der Waals surface area contributed by atoms with Gasteiger partial charge >= 0.3 is 5.82 Å². The van der Waals surface area contributed by atoms with Gasteiger partial charge in [-0.1, -0.05) is 12.1 Å². The van der Waals surface area contributed by atoms with Crippen molar-refractivity contribution in [3.63, 3.8) is 0 Å². The van der Waals surface area contributed by atoms with Crippen molar-refractivity contribution in [1.82, 2.24) is 15.0 Å². The fraction of sp³-hybridized carbons (Fsp3) is 0.154. The van der Waals surface area contributed by atoms with Crippen LogP contribution in [0.1, 0.15) is 11.4 Å². The van der Waals surface area contributed by atoms with Crippen LogP contribution < -0.4 is 5.43 Å². The number of hydrogen-bond donors (Lipinski definition) is 1. The molecule has 1 aromatic carbocycles. The first-order valence-corrected chi connectivity index (χ1v) is 6.21. The lowest BCUT2D eigenvalue weighted by atomic mass is 10.2. The van der Waals surface area contributed by atoms with Crippen molar-refractivity contribution in [2.45, 2.75) is 13.5 Å². The summed E-state index contributed by atoms with van der Waals surface area (Å²) in [6.07, 6.45) is 2.43. The van der Waals surface area contributed by atoms with Gasteiger partial charge in [0, 0.05) is 6.92 Å². The molecule has 0 radical (unpaired) electrons. The van der Waals surface area contributed by atoms with Crippen LogP contribution >= 0.6 is 0 Å². The Morgan fingerprint density at radius 1 is 1.50 bits per heavy atom. The number of hydrogen-bond acceptors (Lipinski definition) is 5. The first-order chi connectivity index (χ1) is 10.5. The molecule has 0 unspecified atom stereocenters. The predicted molar refractivity (Wildman–Crippen MR) is 75.8 cm³/mol. The molecule has 1 N–H and O–H groups in total. The van der Waals surface area contributed by atoms with Crippen LogP contribution in [0.2, 0.25) is 0 Å². The summed E-state index contributed by atoms with van der Waals surface area (Å²) in [6.45, 7) is 1.28. The highest BCUT2D eigenvalue weighted by Crippen LogP contribution is 2.12. The molecular weight excluding hydrogens is 293 g/mol. The van der Waals surface area contributed by atoms with Crippen molar-refractivity contribution < 1.29 is 14.1 Å². The third kappa shape index (κ3) is 3.72. The Kier molecular flexibility index (Phi) is 4.57. The zero-order valence-corrected chi connectivity index (χ0v) is 11.6. The van der Waals surface area contributed by atoms with Crippen LogP contribution in [0, 0.1) is 22.9 Å². The van der Waals surface area contributed by atoms with E-state index in [1.165, 1.54) is 35.0 Å². The molecule has 0 fully saturated rings. The van der Waals surface area contributed by atoms with Crippen LogP contribution in [-0.4, -0.2) is 26.6 Å². The van der Waals surface area contributed by atoms with Crippen molar-refractivity contribution in [3.05, 3.63) is 57.8 Å². The van der Waals surface area contributed by atoms with E-state index in [9.17, 15) is 19.3 Å². The average molecular weight is 305 g/mol. The van der Waals surface area contributed by atoms with Gasteiger partial charge in [-0.2, -0.15) is 5.10 Å². The van der Waals surface area contributed by atoms with Crippen LogP contribution in [0.4, 0.5) is 10.2 Å². The number of nitrogens with zero attached hydrogens (tertiary/aromatic N) is 4. The quantitative estimate of drug-likeness (QED) is 0.512. The van der Waals surface area contributed by atoms with Gasteiger partial charge < -0.3 is 10.1 Å². The van der Waals surface area contributed by atoms with Gasteiger partial charge in [-0.05, 0) is 22.6 Å². The largest absolute Gasteiger partial charge is 0.358 e. The van der Waals surface area contributed by atoms with Gasteiger partial charge in [0.25, 0.3) is 5.91 Å². The summed E-state index contributed by atoms with van der Waals surface area (Å²) in [5.74, 6) is -0.828. The van der Waals surface area contributed by atoms with Crippen molar-refractivity contribution in [1.29, 1.82) is 0 Å². The maximum absolute atomic E-state index is 12.7. The summed E-state index contributed by atoms with van der Waals surface area (Å²) in [7, 11) is 0. The van der Waals surface area contributed by atoms with Crippen molar-refractivity contribution in [2.75, 3.05) is 0 Å². The highest BCUT2D eigenvalue weighted by molar-refractivity contribution is 5.82. The molecule has 0 aliphatic carbocycles. The number of nitrogens with one attached hydrogen (secondary N) is 1. The molecule has 9 heteroatoms. The molecule has 1 heterocycles. The van der Waals surface area contributed by atoms with Crippen LogP contribution in [-0.2, 0) is 11.3 Å². The van der Waals surface area contributed by atoms with E-state index in [4.69, 9.17) is 0 Å². The summed E-state index contributed by atoms with van der Waals surface area (Å²) >= 11 is 0. The molecule has 0 spiro atoms. The van der Waals surface area contributed by atoms with Crippen LogP contribution in [0.25, 0.3) is 0 Å². The summed E-state index contributed by atoms with van der Waals surface area (Å²) < 4.78 is 13.9. The monoisotopic (exact) mass is 305 g/mol. The highest BCUT2D eigenvalue weighted by atomic mass is 19.1. The number of benzene rings is 1. The van der Waals surface area contributed by atoms with E-state index in [1.807, 2.05) is 0 Å². The normalized spacial score (nSPS) is 10.8. The van der Waals surface area contributed by atoms with Crippen molar-refractivity contribution in [2.24, 2.45) is 5.10 Å². The number of imidazole rings is 1. The summed E-state index contributed by atoms with van der Waals surface area (Å²) in [4.78, 5) is 25.7. The predicted octanol–water partition coefficient (Wildman–Crippen LogP) is 1.39. The Bertz CT molecular complexity index is 724. The van der Waals surface area contributed by atoms with Gasteiger partial charge in [0.2, 0.25) is 0 Å². The molecule has 0 saturated heterocycles. The molecule has 8 nitrogen and oxygen atoms in total. The summed E-state index contributed by atoms with van der Waals surface area (Å²) in [5.41, 5.74) is 2.85. The fourth-order valence-corrected chi connectivity index (χ4v) is 1.70. The van der Waals surface area contributed by atoms with E-state index in [2.05, 4.69) is 15.5 Å². The second-order valence-corrected chi connectivity index (χ2v) is 4.35. The highest BCUT2D eigenvalue weighted by Gasteiger charge is 2.19. The topological polar surface area (TPSA) is 102 Å². The smallest absolute Gasteiger partial charge is 0.343 e. The lowest BCUT2D eigenvalue weighted by molar-refractivity contribution is -0.392. The Morgan fingerprint density at radius 3 is 2.82 bits per heavy atom. The van der Waals surface area contributed by atoms with E-state index >= 15 is 0 Å². The van der Waals surface area contributed by atoms with E-state index in [0.29, 0.717) is 11.4 Å². The minimum atomic E-state index is -0.616. The van der Waals surface area contributed by atoms with Gasteiger partial charge in [0.1, 0.15) is 12.0 Å². The minimum absolute atomic E-state index is 0.268. The number of amides is 1. The maximum Gasteiger partial charge on any atom is 0.343 e. The van der Waals surface area contributed by atoms with Gasteiger partial charge in [-0.25, -0.2) is 19.4 Å². The zero-order valence-electron chi connectivity index (χ0n) is 11.6. The molecule has 2 aromatic rings. The molecule has 0 saturated carbocycles. The van der Waals surface area contributed by atoms with E-state index < -0.39 is 10.8 Å². The number of carbonyl (C=O) groups is 1. The molecular formula is C13H12FN5O3. The van der Waals surface area contributed by atoms with Gasteiger partial charge in [-0.15, -0.1) is 0 Å². The van der Waals surface area contributed by atoms with E-state index in [-0.39, 0.29) is 18.2 Å². The van der Waals surface area contributed by atoms with E-state index in [1.54, 1.807) is 6.92 Å². The zero-order chi connectivity index (χ0) is 16.1. The molecule has 1 amide bonds. The number of aryl methyl sites for hydroxylation is 1. The van der Waals surface area contributed by atoms with E-state index in [0.717, 1.165) is 6.20 Å². The second-order valence-electron chi connectivity index (χ2n) is 4.35. The van der Waals surface area contributed by atoms with Crippen molar-refractivity contribution in [3.8, 4) is 0 Å². The fourth-order valence-electron chi connectivity index (χ4n) is 1.70. The summed E-state index contributed by atoms with van der Waals surface area (Å²) in [5, 5.41) is 14.5. The number of nitro groups is 1. The molecule has 0 aliphatic rings. The molecule has 0 atom stereocenters. The van der Waals surface area contributed by atoms with Gasteiger partial charge in [0.05, 0.1) is 6.21 Å². The van der Waals surface area contributed by atoms with Gasteiger partial charge in [-0.3, -0.25) is 4.79 Å². The van der Waals surface area contributed by atoms with Crippen molar-refractivity contribution >= 4 is 17.9 Å². The molecule has 114 valence electrons. The number of halogens is 1. The van der Waals surface area contributed by atoms with Gasteiger partial charge in [0.15, 0.2) is 12.4 Å². The van der Waals surface area contributed by atoms with Crippen LogP contribution in [0.3, 0.4) is 0 Å². The maximum atomic E-state index is 12.7. The first kappa shape index (κ1) is 15.3. The first-order valence-electron chi connectivity index (χ1n) is 6.21. The molecule has 0 bridgehead atoms. The third-order valence-electron chi connectivity index (χ3n) is 2.80. The minimum Gasteiger partial charge on any atom is -0.358 e. The molecule has 1 aromatic heterocycles. The Balaban J connectivity index is 1.97. The number of rotatable bonds is 5. The molecule has 22 heavy (non-hydrogen) atoms. The average Bonchev–Trinajstić information content (AvgIpc) is 2.82. The Labute approximate surface area is 124 Å². The summed E-state index contributed by atoms with van der Waals surface area (Å²) in [6, 6.07) is 5.52. The Morgan fingerprint density at radius 2 is 2.18 bits per heavy atom.